The number of phosphoric ester groups is 3. The number of fused-ring (bicyclic) bond motifs is 1. The Hall–Kier alpha value is -2.70. The van der Waals surface area contributed by atoms with Crippen LogP contribution in [-0.4, -0.2) is 123 Å². The second-order valence-corrected chi connectivity index (χ2v) is 17.8. The molecule has 3 rings (SSSR count). The van der Waals surface area contributed by atoms with Gasteiger partial charge in [0.25, 0.3) is 0 Å². The van der Waals surface area contributed by atoms with Gasteiger partial charge < -0.3 is 50.9 Å². The van der Waals surface area contributed by atoms with E-state index < -0.39 is 84.6 Å². The molecular weight excluding hydrogens is 807 g/mol. The molecule has 0 radical (unpaired) electrons. The highest BCUT2D eigenvalue weighted by atomic mass is 32.2. The zero-order valence-corrected chi connectivity index (χ0v) is 32.7. The van der Waals surface area contributed by atoms with E-state index in [0.29, 0.717) is 5.75 Å². The third-order valence-corrected chi connectivity index (χ3v) is 11.1. The monoisotopic (exact) mass is 849 g/mol. The van der Waals surface area contributed by atoms with Crippen LogP contribution in [0.1, 0.15) is 40.3 Å². The largest absolute Gasteiger partial charge is 0.481 e. The van der Waals surface area contributed by atoms with Gasteiger partial charge in [0.1, 0.15) is 36.3 Å². The summed E-state index contributed by atoms with van der Waals surface area (Å²) in [6, 6.07) is 0. The summed E-state index contributed by atoms with van der Waals surface area (Å²) in [6.07, 6.45) is -5.45. The molecule has 24 nitrogen and oxygen atoms in total. The van der Waals surface area contributed by atoms with Gasteiger partial charge in [-0.1, -0.05) is 31.2 Å². The first-order chi connectivity index (χ1) is 24.9. The number of nitrogen functional groups attached to an aromatic ring is 1. The molecule has 2 aromatic rings. The number of ether oxygens (including phenoxy) is 1. The maximum atomic E-state index is 12.6. The first-order valence-electron chi connectivity index (χ1n) is 15.6. The second kappa shape index (κ2) is 19.0. The normalized spacial score (nSPS) is 21.9. The number of aliphatic hydroxyl groups excluding tert-OH is 2. The maximum Gasteiger partial charge on any atom is 0.481 e. The van der Waals surface area contributed by atoms with E-state index in [-0.39, 0.29) is 41.6 Å². The molecular formula is C26H42N7O17P3S. The number of allylic oxidation sites excluding steroid dienone is 1. The summed E-state index contributed by atoms with van der Waals surface area (Å²) in [5, 5.41) is 26.1. The minimum atomic E-state index is -5.57. The molecule has 0 aliphatic carbocycles. The number of nitrogens with one attached hydrogen (secondary N) is 2. The molecule has 2 aromatic heterocycles. The average Bonchev–Trinajstić information content (AvgIpc) is 3.60. The van der Waals surface area contributed by atoms with E-state index in [1.54, 1.807) is 13.8 Å². The Bertz CT molecular complexity index is 1840. The van der Waals surface area contributed by atoms with Crippen LogP contribution >= 0.6 is 35.2 Å². The van der Waals surface area contributed by atoms with E-state index in [2.05, 4.69) is 34.4 Å². The van der Waals surface area contributed by atoms with Crippen LogP contribution < -0.4 is 16.4 Å². The molecule has 3 unspecified atom stereocenters. The van der Waals surface area contributed by atoms with E-state index in [0.717, 1.165) is 34.6 Å². The van der Waals surface area contributed by atoms with Gasteiger partial charge in [0.2, 0.25) is 16.9 Å². The molecule has 0 aromatic carbocycles. The summed E-state index contributed by atoms with van der Waals surface area (Å²) in [6.45, 7) is 4.03. The minimum absolute atomic E-state index is 0.0301. The lowest BCUT2D eigenvalue weighted by molar-refractivity contribution is -0.137. The van der Waals surface area contributed by atoms with Crippen molar-refractivity contribution < 1.29 is 80.5 Å². The molecule has 54 heavy (non-hydrogen) atoms. The number of nitrogens with two attached hydrogens (primary N) is 1. The Morgan fingerprint density at radius 3 is 2.39 bits per heavy atom. The van der Waals surface area contributed by atoms with Crippen molar-refractivity contribution in [1.29, 1.82) is 0 Å². The van der Waals surface area contributed by atoms with Crippen molar-refractivity contribution >= 4 is 69.1 Å². The summed E-state index contributed by atoms with van der Waals surface area (Å²) in [5.74, 6) is -1.13. The predicted molar refractivity (Wildman–Crippen MR) is 187 cm³/mol. The van der Waals surface area contributed by atoms with Gasteiger partial charge in [-0.25, -0.2) is 28.6 Å². The fraction of sp³-hybridized carbons (Fsp3) is 0.615. The van der Waals surface area contributed by atoms with Gasteiger partial charge in [0, 0.05) is 30.7 Å². The predicted octanol–water partition coefficient (Wildman–Crippen LogP) is -0.369. The fourth-order valence-electron chi connectivity index (χ4n) is 4.56. The lowest BCUT2D eigenvalue weighted by atomic mass is 9.87. The van der Waals surface area contributed by atoms with Crippen molar-refractivity contribution in [3.05, 3.63) is 24.3 Å². The van der Waals surface area contributed by atoms with E-state index >= 15 is 0 Å². The van der Waals surface area contributed by atoms with Crippen LogP contribution in [0, 0.1) is 5.41 Å². The standard InChI is InChI=1S/C26H42N7O17P3S/c1-14(2)9-17(35)54-8-7-28-16(34)5-6-29-24(38)21(37)26(3,4)11-47-53(44,45)50-52(42,43)46-10-15-20(49-51(39,40)41)19(36)25(48-15)33-13-32-18-22(27)30-12-31-23(18)33/h9,12-13,15,19-21,25,36-37H,5-8,10-11H2,1-4H3,(H,28,34)(H,29,38)(H,42,43)(H,44,45)(H2,27,30,31)(H2,39,40,41)/t15-,19?,20+,21+,25-/m1/s1. The van der Waals surface area contributed by atoms with Gasteiger partial charge >= 0.3 is 23.5 Å². The molecule has 10 N–H and O–H groups in total. The van der Waals surface area contributed by atoms with Crippen molar-refractivity contribution in [1.82, 2.24) is 30.2 Å². The fourth-order valence-corrected chi connectivity index (χ4v) is 8.11. The summed E-state index contributed by atoms with van der Waals surface area (Å²) >= 11 is 1.02. The zero-order valence-electron chi connectivity index (χ0n) is 29.2. The molecule has 0 bridgehead atoms. The first-order valence-corrected chi connectivity index (χ1v) is 21.1. The number of imidazole rings is 1. The SMILES string of the molecule is CC(C)=CC(=O)SCCNC(=O)CCNC(=O)[C@H](O)C(C)(C)COP(=O)(O)OP(=O)(O)OC[C@H]1O[C@@H](n2cnc3c(N)ncnc32)C(O)[C@H]1OP(=O)(O)O. The molecule has 0 spiro atoms. The van der Waals surface area contributed by atoms with Crippen LogP contribution in [0.2, 0.25) is 0 Å². The van der Waals surface area contributed by atoms with Gasteiger partial charge in [-0.3, -0.25) is 32.5 Å². The number of amides is 2. The van der Waals surface area contributed by atoms with E-state index in [1.165, 1.54) is 19.9 Å². The van der Waals surface area contributed by atoms with Crippen LogP contribution in [0.15, 0.2) is 24.3 Å². The number of aliphatic hydroxyl groups is 2. The highest BCUT2D eigenvalue weighted by Crippen LogP contribution is 2.61. The van der Waals surface area contributed by atoms with Gasteiger partial charge in [-0.05, 0) is 19.9 Å². The van der Waals surface area contributed by atoms with Crippen molar-refractivity contribution in [2.24, 2.45) is 5.41 Å². The molecule has 1 aliphatic rings. The second-order valence-electron chi connectivity index (χ2n) is 12.5. The van der Waals surface area contributed by atoms with Gasteiger partial charge in [0.15, 0.2) is 17.7 Å². The number of hydrogen-bond acceptors (Lipinski definition) is 18. The molecule has 1 fully saturated rings. The molecule has 2 amide bonds. The lowest BCUT2D eigenvalue weighted by Crippen LogP contribution is -2.46. The third-order valence-electron chi connectivity index (χ3n) is 7.15. The van der Waals surface area contributed by atoms with Crippen molar-refractivity contribution in [3.63, 3.8) is 0 Å². The molecule has 7 atom stereocenters. The van der Waals surface area contributed by atoms with Crippen LogP contribution in [0.25, 0.3) is 11.2 Å². The molecule has 1 saturated heterocycles. The lowest BCUT2D eigenvalue weighted by Gasteiger charge is -2.30. The molecule has 3 heterocycles. The number of thioether (sulfide) groups is 1. The number of aromatic nitrogens is 4. The van der Waals surface area contributed by atoms with Crippen LogP contribution in [0.3, 0.4) is 0 Å². The number of rotatable bonds is 20. The van der Waals surface area contributed by atoms with Crippen molar-refractivity contribution in [2.45, 2.75) is 64.8 Å². The summed E-state index contributed by atoms with van der Waals surface area (Å²) in [7, 11) is -16.4. The van der Waals surface area contributed by atoms with Crippen molar-refractivity contribution in [2.75, 3.05) is 37.8 Å². The number of carbonyl (C=O) groups excluding carboxylic acids is 3. The number of anilines is 1. The van der Waals surface area contributed by atoms with E-state index in [4.69, 9.17) is 19.5 Å². The van der Waals surface area contributed by atoms with E-state index in [9.17, 15) is 57.9 Å². The number of hydrogen-bond donors (Lipinski definition) is 9. The summed E-state index contributed by atoms with van der Waals surface area (Å²) in [5.41, 5.74) is 5.10. The van der Waals surface area contributed by atoms with Crippen LogP contribution in [0.5, 0.6) is 0 Å². The highest BCUT2D eigenvalue weighted by molar-refractivity contribution is 8.14. The Labute approximate surface area is 311 Å². The smallest absolute Gasteiger partial charge is 0.386 e. The Morgan fingerprint density at radius 1 is 1.07 bits per heavy atom. The quantitative estimate of drug-likeness (QED) is 0.0466. The Balaban J connectivity index is 1.51. The topological polar surface area (TPSA) is 364 Å². The number of phosphoric acid groups is 3. The molecule has 1 aliphatic heterocycles. The van der Waals surface area contributed by atoms with Gasteiger partial charge in [-0.2, -0.15) is 4.31 Å². The number of nitrogens with zero attached hydrogens (tertiary/aromatic N) is 4. The number of carbonyl (C=O) groups is 3. The summed E-state index contributed by atoms with van der Waals surface area (Å²) in [4.78, 5) is 87.0. The minimum Gasteiger partial charge on any atom is -0.386 e. The van der Waals surface area contributed by atoms with Crippen molar-refractivity contribution in [3.8, 4) is 0 Å². The molecule has 0 saturated carbocycles. The first kappa shape index (κ1) is 45.7. The zero-order chi connectivity index (χ0) is 40.6. The van der Waals surface area contributed by atoms with Crippen LogP contribution in [-0.2, 0) is 50.7 Å². The van der Waals surface area contributed by atoms with Gasteiger partial charge in [-0.15, -0.1) is 0 Å². The van der Waals surface area contributed by atoms with E-state index in [1.807, 2.05) is 0 Å². The Kier molecular flexibility index (Phi) is 16.0. The Morgan fingerprint density at radius 2 is 1.74 bits per heavy atom. The average molecular weight is 850 g/mol. The highest BCUT2D eigenvalue weighted by Gasteiger charge is 2.50. The van der Waals surface area contributed by atoms with Gasteiger partial charge in [0.05, 0.1) is 19.5 Å². The maximum absolute atomic E-state index is 12.6. The van der Waals surface area contributed by atoms with Crippen LogP contribution in [0.4, 0.5) is 5.82 Å². The molecule has 28 heteroatoms. The summed E-state index contributed by atoms with van der Waals surface area (Å²) < 4.78 is 62.0. The third kappa shape index (κ3) is 13.8. The molecule has 304 valence electrons.